The molecule has 1 fully saturated rings. The second-order valence-electron chi connectivity index (χ2n) is 6.31. The number of nitrogens with one attached hydrogen (secondary N) is 1. The van der Waals surface area contributed by atoms with E-state index in [0.717, 1.165) is 30.2 Å². The van der Waals surface area contributed by atoms with Crippen LogP contribution in [-0.2, 0) is 13.0 Å². The maximum absolute atomic E-state index is 5.86. The minimum Gasteiger partial charge on any atom is -0.328 e. The van der Waals surface area contributed by atoms with E-state index in [2.05, 4.69) is 48.1 Å². The number of hydrazine groups is 1. The molecule has 21 heavy (non-hydrogen) atoms. The van der Waals surface area contributed by atoms with Crippen molar-refractivity contribution in [1.82, 2.24) is 15.0 Å². The van der Waals surface area contributed by atoms with Gasteiger partial charge in [0.05, 0.1) is 11.0 Å². The first-order valence-corrected chi connectivity index (χ1v) is 8.14. The lowest BCUT2D eigenvalue weighted by atomic mass is 9.88. The number of rotatable bonds is 5. The maximum Gasteiger partial charge on any atom is 0.111 e. The van der Waals surface area contributed by atoms with Crippen molar-refractivity contribution in [3.63, 3.8) is 0 Å². The molecule has 1 aliphatic rings. The van der Waals surface area contributed by atoms with Gasteiger partial charge in [-0.25, -0.2) is 4.98 Å². The van der Waals surface area contributed by atoms with Crippen LogP contribution in [-0.4, -0.2) is 15.6 Å². The summed E-state index contributed by atoms with van der Waals surface area (Å²) in [5.74, 6) is 8.44. The second-order valence-corrected chi connectivity index (χ2v) is 6.31. The minimum atomic E-state index is 0.324. The molecular weight excluding hydrogens is 260 g/mol. The average Bonchev–Trinajstić information content (AvgIpc) is 3.07. The predicted molar refractivity (Wildman–Crippen MR) is 86.7 cm³/mol. The molecule has 114 valence electrons. The quantitative estimate of drug-likeness (QED) is 0.656. The van der Waals surface area contributed by atoms with Gasteiger partial charge in [0.2, 0.25) is 0 Å². The molecule has 0 amide bonds. The number of para-hydroxylation sites is 2. The molecule has 1 aromatic heterocycles. The molecule has 0 aliphatic heterocycles. The number of aromatic nitrogens is 2. The largest absolute Gasteiger partial charge is 0.328 e. The molecule has 0 saturated heterocycles. The number of fused-ring (bicyclic) bond motifs is 1. The third-order valence-corrected chi connectivity index (χ3v) is 5.11. The average molecular weight is 286 g/mol. The zero-order chi connectivity index (χ0) is 14.8. The van der Waals surface area contributed by atoms with Gasteiger partial charge in [-0.15, -0.1) is 0 Å². The number of aryl methyl sites for hydroxylation is 1. The summed E-state index contributed by atoms with van der Waals surface area (Å²) in [6.45, 7) is 5.48. The van der Waals surface area contributed by atoms with E-state index in [1.165, 1.54) is 24.8 Å². The number of benzene rings is 1. The fourth-order valence-corrected chi connectivity index (χ4v) is 3.94. The van der Waals surface area contributed by atoms with Crippen molar-refractivity contribution in [2.75, 3.05) is 0 Å². The van der Waals surface area contributed by atoms with E-state index in [0.29, 0.717) is 12.0 Å². The van der Waals surface area contributed by atoms with E-state index in [-0.39, 0.29) is 0 Å². The van der Waals surface area contributed by atoms with Crippen LogP contribution >= 0.6 is 0 Å². The Hall–Kier alpha value is -1.39. The SMILES string of the molecule is CCn1c(CC(NN)C2CCCC2C)nc2ccccc21. The summed E-state index contributed by atoms with van der Waals surface area (Å²) in [4.78, 5) is 4.84. The van der Waals surface area contributed by atoms with Crippen molar-refractivity contribution in [2.24, 2.45) is 17.7 Å². The summed E-state index contributed by atoms with van der Waals surface area (Å²) in [6.07, 6.45) is 4.84. The van der Waals surface area contributed by atoms with Crippen LogP contribution in [0.3, 0.4) is 0 Å². The number of imidazole rings is 1. The fourth-order valence-electron chi connectivity index (χ4n) is 3.94. The highest BCUT2D eigenvalue weighted by Gasteiger charge is 2.31. The third-order valence-electron chi connectivity index (χ3n) is 5.11. The van der Waals surface area contributed by atoms with Gasteiger partial charge >= 0.3 is 0 Å². The molecule has 0 radical (unpaired) electrons. The van der Waals surface area contributed by atoms with Gasteiger partial charge in [0.1, 0.15) is 5.82 Å². The summed E-state index contributed by atoms with van der Waals surface area (Å²) in [6, 6.07) is 8.70. The first kappa shape index (κ1) is 14.5. The van der Waals surface area contributed by atoms with Crippen LogP contribution in [0.5, 0.6) is 0 Å². The van der Waals surface area contributed by atoms with Crippen molar-refractivity contribution in [2.45, 2.75) is 52.1 Å². The highest BCUT2D eigenvalue weighted by atomic mass is 15.2. The van der Waals surface area contributed by atoms with Crippen molar-refractivity contribution in [3.05, 3.63) is 30.1 Å². The maximum atomic E-state index is 5.86. The molecule has 3 rings (SSSR count). The number of hydrogen-bond acceptors (Lipinski definition) is 3. The molecule has 1 aliphatic carbocycles. The number of nitrogens with zero attached hydrogens (tertiary/aromatic N) is 2. The van der Waals surface area contributed by atoms with E-state index < -0.39 is 0 Å². The summed E-state index contributed by atoms with van der Waals surface area (Å²) < 4.78 is 2.32. The predicted octanol–water partition coefficient (Wildman–Crippen LogP) is 2.87. The van der Waals surface area contributed by atoms with Gasteiger partial charge in [-0.05, 0) is 37.3 Å². The Morgan fingerprint density at radius 1 is 1.38 bits per heavy atom. The Kier molecular flexibility index (Phi) is 4.27. The van der Waals surface area contributed by atoms with Crippen LogP contribution in [0.15, 0.2) is 24.3 Å². The first-order valence-electron chi connectivity index (χ1n) is 8.14. The molecule has 3 atom stereocenters. The van der Waals surface area contributed by atoms with Gasteiger partial charge < -0.3 is 4.57 Å². The molecule has 1 saturated carbocycles. The van der Waals surface area contributed by atoms with Gasteiger partial charge in [0.25, 0.3) is 0 Å². The third kappa shape index (κ3) is 2.70. The van der Waals surface area contributed by atoms with Crippen LogP contribution in [0, 0.1) is 11.8 Å². The minimum absolute atomic E-state index is 0.324. The number of nitrogens with two attached hydrogens (primary N) is 1. The molecule has 2 aromatic rings. The molecule has 0 bridgehead atoms. The van der Waals surface area contributed by atoms with Crippen LogP contribution in [0.25, 0.3) is 11.0 Å². The highest BCUT2D eigenvalue weighted by Crippen LogP contribution is 2.34. The van der Waals surface area contributed by atoms with E-state index >= 15 is 0 Å². The summed E-state index contributed by atoms with van der Waals surface area (Å²) >= 11 is 0. The smallest absolute Gasteiger partial charge is 0.111 e. The van der Waals surface area contributed by atoms with Gasteiger partial charge in [0, 0.05) is 19.0 Å². The Morgan fingerprint density at radius 3 is 2.86 bits per heavy atom. The first-order chi connectivity index (χ1) is 10.2. The molecule has 1 heterocycles. The van der Waals surface area contributed by atoms with Crippen molar-refractivity contribution in [3.8, 4) is 0 Å². The van der Waals surface area contributed by atoms with Gasteiger partial charge in [-0.3, -0.25) is 11.3 Å². The van der Waals surface area contributed by atoms with E-state index in [1.807, 2.05) is 0 Å². The van der Waals surface area contributed by atoms with Crippen molar-refractivity contribution >= 4 is 11.0 Å². The van der Waals surface area contributed by atoms with Crippen LogP contribution in [0.1, 0.15) is 38.9 Å². The Labute approximate surface area is 126 Å². The lowest BCUT2D eigenvalue weighted by molar-refractivity contribution is 0.293. The highest BCUT2D eigenvalue weighted by molar-refractivity contribution is 5.75. The molecule has 3 N–H and O–H groups in total. The van der Waals surface area contributed by atoms with Crippen LogP contribution in [0.4, 0.5) is 0 Å². The topological polar surface area (TPSA) is 55.9 Å². The van der Waals surface area contributed by atoms with Gasteiger partial charge in [0.15, 0.2) is 0 Å². The zero-order valence-corrected chi connectivity index (χ0v) is 13.0. The van der Waals surface area contributed by atoms with E-state index in [1.54, 1.807) is 0 Å². The van der Waals surface area contributed by atoms with E-state index in [9.17, 15) is 0 Å². The molecule has 1 aromatic carbocycles. The summed E-state index contributed by atoms with van der Waals surface area (Å²) in [5.41, 5.74) is 5.38. The molecule has 4 nitrogen and oxygen atoms in total. The lowest BCUT2D eigenvalue weighted by Crippen LogP contribution is -2.43. The lowest BCUT2D eigenvalue weighted by Gasteiger charge is -2.26. The standard InChI is InChI=1S/C17H26N4/c1-3-21-16-10-5-4-9-14(16)19-17(21)11-15(20-18)13-8-6-7-12(13)2/h4-5,9-10,12-13,15,20H,3,6-8,11,18H2,1-2H3. The monoisotopic (exact) mass is 286 g/mol. The normalized spacial score (nSPS) is 23.8. The molecular formula is C17H26N4. The molecule has 4 heteroatoms. The Morgan fingerprint density at radius 2 is 2.19 bits per heavy atom. The Balaban J connectivity index is 1.89. The molecule has 0 spiro atoms. The zero-order valence-electron chi connectivity index (χ0n) is 13.0. The molecule has 3 unspecified atom stereocenters. The Bertz CT molecular complexity index is 604. The van der Waals surface area contributed by atoms with Crippen LogP contribution in [0.2, 0.25) is 0 Å². The van der Waals surface area contributed by atoms with Gasteiger partial charge in [-0.2, -0.15) is 0 Å². The summed E-state index contributed by atoms with van der Waals surface area (Å²) in [5, 5.41) is 0. The van der Waals surface area contributed by atoms with Crippen molar-refractivity contribution in [1.29, 1.82) is 0 Å². The number of hydrogen-bond donors (Lipinski definition) is 2. The van der Waals surface area contributed by atoms with Gasteiger partial charge in [-0.1, -0.05) is 31.9 Å². The fraction of sp³-hybridized carbons (Fsp3) is 0.588. The van der Waals surface area contributed by atoms with Crippen LogP contribution < -0.4 is 11.3 Å². The van der Waals surface area contributed by atoms with Crippen molar-refractivity contribution < 1.29 is 0 Å². The summed E-state index contributed by atoms with van der Waals surface area (Å²) in [7, 11) is 0. The second kappa shape index (κ2) is 6.16. The van der Waals surface area contributed by atoms with E-state index in [4.69, 9.17) is 10.8 Å².